The van der Waals surface area contributed by atoms with Gasteiger partial charge in [0.2, 0.25) is 11.8 Å². The molecule has 1 unspecified atom stereocenters. The summed E-state index contributed by atoms with van der Waals surface area (Å²) >= 11 is 0. The van der Waals surface area contributed by atoms with Crippen LogP contribution in [-0.4, -0.2) is 53.5 Å². The number of benzene rings is 1. The third-order valence-electron chi connectivity index (χ3n) is 5.56. The molecular formula is C23H29FN4O3. The van der Waals surface area contributed by atoms with Gasteiger partial charge in [-0.25, -0.2) is 14.4 Å². The number of nitrogens with zero attached hydrogens (tertiary/aromatic N) is 3. The first-order valence-electron chi connectivity index (χ1n) is 10.5. The Kier molecular flexibility index (Phi) is 7.68. The molecular weight excluding hydrogens is 399 g/mol. The first-order chi connectivity index (χ1) is 14.9. The Bertz CT molecular complexity index is 910. The van der Waals surface area contributed by atoms with E-state index in [1.54, 1.807) is 7.11 Å². The summed E-state index contributed by atoms with van der Waals surface area (Å²) in [6, 6.07) is 5.65. The zero-order valence-electron chi connectivity index (χ0n) is 18.3. The Morgan fingerprint density at radius 1 is 1.19 bits per heavy atom. The Morgan fingerprint density at radius 3 is 2.52 bits per heavy atom. The Morgan fingerprint density at radius 2 is 1.87 bits per heavy atom. The third-order valence-corrected chi connectivity index (χ3v) is 5.56. The van der Waals surface area contributed by atoms with E-state index < -0.39 is 0 Å². The molecule has 7 nitrogen and oxygen atoms in total. The van der Waals surface area contributed by atoms with Crippen molar-refractivity contribution < 1.29 is 18.7 Å². The number of carbonyl (C=O) groups excluding carboxylic acids is 2. The van der Waals surface area contributed by atoms with Gasteiger partial charge in [-0.3, -0.25) is 9.59 Å². The molecule has 2 aromatic rings. The number of hydrogen-bond donors (Lipinski definition) is 1. The Hall–Kier alpha value is -2.87. The molecule has 3 rings (SSSR count). The molecule has 1 saturated heterocycles. The molecule has 2 heterocycles. The van der Waals surface area contributed by atoms with Gasteiger partial charge < -0.3 is 15.0 Å². The number of hydrogen-bond acceptors (Lipinski definition) is 5. The fourth-order valence-corrected chi connectivity index (χ4v) is 3.86. The van der Waals surface area contributed by atoms with E-state index in [1.165, 1.54) is 24.3 Å². The van der Waals surface area contributed by atoms with Crippen LogP contribution in [0.2, 0.25) is 0 Å². The molecule has 1 N–H and O–H groups in total. The van der Waals surface area contributed by atoms with Gasteiger partial charge in [0.1, 0.15) is 11.6 Å². The number of aromatic nitrogens is 2. The lowest BCUT2D eigenvalue weighted by Gasteiger charge is -2.32. The standard InChI is InChI=1S/C23H29FN4O3/c1-15-20(13-21(29)27-19-8-6-18(24)7-9-19)16(2)26-23(25-15)17-5-4-11-28(14-17)22(30)10-12-31-3/h6-9,17H,4-5,10-14H2,1-3H3,(H,27,29). The molecule has 1 atom stereocenters. The van der Waals surface area contributed by atoms with Crippen molar-refractivity contribution in [2.24, 2.45) is 0 Å². The number of anilines is 1. The largest absolute Gasteiger partial charge is 0.384 e. The minimum Gasteiger partial charge on any atom is -0.384 e. The summed E-state index contributed by atoms with van der Waals surface area (Å²) in [5.74, 6) is 0.341. The van der Waals surface area contributed by atoms with Crippen LogP contribution in [-0.2, 0) is 20.7 Å². The molecule has 1 aliphatic heterocycles. The second-order valence-corrected chi connectivity index (χ2v) is 7.88. The number of amides is 2. The van der Waals surface area contributed by atoms with Crippen molar-refractivity contribution in [1.82, 2.24) is 14.9 Å². The van der Waals surface area contributed by atoms with Gasteiger partial charge in [0.05, 0.1) is 19.4 Å². The van der Waals surface area contributed by atoms with Crippen LogP contribution in [0.25, 0.3) is 0 Å². The van der Waals surface area contributed by atoms with Crippen molar-refractivity contribution in [3.63, 3.8) is 0 Å². The fraction of sp³-hybridized carbons (Fsp3) is 0.478. The van der Waals surface area contributed by atoms with E-state index in [0.29, 0.717) is 25.3 Å². The molecule has 0 saturated carbocycles. The zero-order valence-corrected chi connectivity index (χ0v) is 18.3. The molecule has 1 aromatic carbocycles. The molecule has 0 radical (unpaired) electrons. The highest BCUT2D eigenvalue weighted by Crippen LogP contribution is 2.26. The smallest absolute Gasteiger partial charge is 0.228 e. The van der Waals surface area contributed by atoms with E-state index >= 15 is 0 Å². The highest BCUT2D eigenvalue weighted by molar-refractivity contribution is 5.92. The molecule has 166 valence electrons. The maximum absolute atomic E-state index is 13.0. The number of methoxy groups -OCH3 is 1. The van der Waals surface area contributed by atoms with Crippen LogP contribution >= 0.6 is 0 Å². The van der Waals surface area contributed by atoms with Crippen LogP contribution in [0.5, 0.6) is 0 Å². The van der Waals surface area contributed by atoms with Gasteiger partial charge in [-0.2, -0.15) is 0 Å². The maximum Gasteiger partial charge on any atom is 0.228 e. The molecule has 0 bridgehead atoms. The second kappa shape index (κ2) is 10.4. The van der Waals surface area contributed by atoms with Gasteiger partial charge in [0, 0.05) is 48.8 Å². The number of likely N-dealkylation sites (tertiary alicyclic amines) is 1. The first kappa shape index (κ1) is 22.8. The van der Waals surface area contributed by atoms with Gasteiger partial charge >= 0.3 is 0 Å². The topological polar surface area (TPSA) is 84.4 Å². The molecule has 31 heavy (non-hydrogen) atoms. The van der Waals surface area contributed by atoms with Crippen LogP contribution in [0.4, 0.5) is 10.1 Å². The molecule has 2 amide bonds. The summed E-state index contributed by atoms with van der Waals surface area (Å²) in [5.41, 5.74) is 2.85. The third kappa shape index (κ3) is 6.07. The minimum atomic E-state index is -0.352. The van der Waals surface area contributed by atoms with Crippen LogP contribution in [0.15, 0.2) is 24.3 Å². The first-order valence-corrected chi connectivity index (χ1v) is 10.5. The van der Waals surface area contributed by atoms with Crippen molar-refractivity contribution in [2.45, 2.75) is 45.4 Å². The predicted octanol–water partition coefficient (Wildman–Crippen LogP) is 3.16. The average molecular weight is 429 g/mol. The van der Waals surface area contributed by atoms with Crippen molar-refractivity contribution in [3.8, 4) is 0 Å². The van der Waals surface area contributed by atoms with Crippen LogP contribution in [0.1, 0.15) is 48.0 Å². The summed E-state index contributed by atoms with van der Waals surface area (Å²) in [6.07, 6.45) is 2.36. The zero-order chi connectivity index (χ0) is 22.4. The summed E-state index contributed by atoms with van der Waals surface area (Å²) < 4.78 is 18.0. The number of piperidine rings is 1. The Balaban J connectivity index is 1.67. The van der Waals surface area contributed by atoms with E-state index in [-0.39, 0.29) is 30.0 Å². The quantitative estimate of drug-likeness (QED) is 0.732. The van der Waals surface area contributed by atoms with Crippen molar-refractivity contribution in [3.05, 3.63) is 52.9 Å². The van der Waals surface area contributed by atoms with Gasteiger partial charge in [-0.05, 0) is 51.0 Å². The second-order valence-electron chi connectivity index (χ2n) is 7.88. The lowest BCUT2D eigenvalue weighted by Crippen LogP contribution is -2.40. The molecule has 1 aliphatic rings. The van der Waals surface area contributed by atoms with Crippen molar-refractivity contribution >= 4 is 17.5 Å². The molecule has 1 fully saturated rings. The average Bonchev–Trinajstić information content (AvgIpc) is 2.76. The van der Waals surface area contributed by atoms with Gasteiger partial charge in [0.15, 0.2) is 0 Å². The predicted molar refractivity (Wildman–Crippen MR) is 115 cm³/mol. The summed E-state index contributed by atoms with van der Waals surface area (Å²) in [4.78, 5) is 36.0. The summed E-state index contributed by atoms with van der Waals surface area (Å²) in [6.45, 7) is 5.53. The number of aryl methyl sites for hydroxylation is 2. The van der Waals surface area contributed by atoms with E-state index in [9.17, 15) is 14.0 Å². The molecule has 8 heteroatoms. The van der Waals surface area contributed by atoms with E-state index in [1.807, 2.05) is 18.7 Å². The normalized spacial score (nSPS) is 16.3. The number of halogens is 1. The number of ether oxygens (including phenoxy) is 1. The van der Waals surface area contributed by atoms with Gasteiger partial charge in [-0.15, -0.1) is 0 Å². The maximum atomic E-state index is 13.0. The lowest BCUT2D eigenvalue weighted by atomic mass is 9.96. The van der Waals surface area contributed by atoms with E-state index in [4.69, 9.17) is 4.74 Å². The lowest BCUT2D eigenvalue weighted by molar-refractivity contribution is -0.133. The van der Waals surface area contributed by atoms with E-state index in [2.05, 4.69) is 15.3 Å². The van der Waals surface area contributed by atoms with Gasteiger partial charge in [-0.1, -0.05) is 0 Å². The van der Waals surface area contributed by atoms with Crippen LogP contribution in [0.3, 0.4) is 0 Å². The van der Waals surface area contributed by atoms with Crippen LogP contribution < -0.4 is 5.32 Å². The molecule has 1 aromatic heterocycles. The molecule has 0 spiro atoms. The minimum absolute atomic E-state index is 0.0831. The SMILES string of the molecule is COCCC(=O)N1CCCC(c2nc(C)c(CC(=O)Nc3ccc(F)cc3)c(C)n2)C1. The summed E-state index contributed by atoms with van der Waals surface area (Å²) in [5, 5.41) is 2.77. The fourth-order valence-electron chi connectivity index (χ4n) is 3.86. The molecule has 0 aliphatic carbocycles. The number of rotatable bonds is 7. The van der Waals surface area contributed by atoms with Crippen molar-refractivity contribution in [2.75, 3.05) is 32.1 Å². The van der Waals surface area contributed by atoms with Crippen LogP contribution in [0, 0.1) is 19.7 Å². The highest BCUT2D eigenvalue weighted by Gasteiger charge is 2.27. The monoisotopic (exact) mass is 428 g/mol. The number of nitrogens with one attached hydrogen (secondary N) is 1. The summed E-state index contributed by atoms with van der Waals surface area (Å²) in [7, 11) is 1.59. The Labute approximate surface area is 182 Å². The van der Waals surface area contributed by atoms with Crippen molar-refractivity contribution in [1.29, 1.82) is 0 Å². The number of carbonyl (C=O) groups is 2. The van der Waals surface area contributed by atoms with E-state index in [0.717, 1.165) is 42.2 Å². The van der Waals surface area contributed by atoms with Gasteiger partial charge in [0.25, 0.3) is 0 Å². The highest BCUT2D eigenvalue weighted by atomic mass is 19.1.